The number of carbonyl (C=O) groups is 1. The average Bonchev–Trinajstić information content (AvgIpc) is 3.12. The highest BCUT2D eigenvalue weighted by Crippen LogP contribution is 2.20. The summed E-state index contributed by atoms with van der Waals surface area (Å²) in [4.78, 5) is 19.6. The third-order valence-electron chi connectivity index (χ3n) is 5.42. The van der Waals surface area contributed by atoms with Crippen molar-refractivity contribution in [2.24, 2.45) is 5.92 Å². The van der Waals surface area contributed by atoms with Crippen molar-refractivity contribution in [2.45, 2.75) is 52.1 Å². The van der Waals surface area contributed by atoms with E-state index in [2.05, 4.69) is 39.6 Å². The molecule has 0 saturated carbocycles. The Labute approximate surface area is 172 Å². The Kier molecular flexibility index (Phi) is 7.45. The van der Waals surface area contributed by atoms with Gasteiger partial charge in [-0.2, -0.15) is 0 Å². The number of nitrogens with one attached hydrogen (secondary N) is 1. The molecule has 2 aromatic rings. The number of carbonyl (C=O) groups excluding carboxylic acids is 1. The van der Waals surface area contributed by atoms with Gasteiger partial charge in [0, 0.05) is 23.9 Å². The second kappa shape index (κ2) is 10.0. The third kappa shape index (κ3) is 6.04. The minimum atomic E-state index is 0.136. The van der Waals surface area contributed by atoms with E-state index in [4.69, 9.17) is 4.74 Å². The SMILES string of the molecule is COc1ccc(CCC(C)NC(=O)C2CCN(Cc3csc(C)n3)CC2)cc1. The lowest BCUT2D eigenvalue weighted by Gasteiger charge is -2.31. The monoisotopic (exact) mass is 401 g/mol. The molecule has 0 bridgehead atoms. The normalized spacial score (nSPS) is 16.7. The number of nitrogens with zero attached hydrogens (tertiary/aromatic N) is 2. The lowest BCUT2D eigenvalue weighted by molar-refractivity contribution is -0.127. The molecule has 6 heteroatoms. The summed E-state index contributed by atoms with van der Waals surface area (Å²) >= 11 is 1.70. The first kappa shape index (κ1) is 20.8. The number of likely N-dealkylation sites (tertiary alicyclic amines) is 1. The fourth-order valence-corrected chi connectivity index (χ4v) is 4.28. The topological polar surface area (TPSA) is 54.5 Å². The number of piperidine rings is 1. The van der Waals surface area contributed by atoms with Gasteiger partial charge in [-0.25, -0.2) is 4.98 Å². The molecule has 0 spiro atoms. The predicted molar refractivity (Wildman–Crippen MR) is 114 cm³/mol. The molecule has 1 fully saturated rings. The zero-order chi connectivity index (χ0) is 19.9. The van der Waals surface area contributed by atoms with E-state index in [1.54, 1.807) is 18.4 Å². The predicted octanol–water partition coefficient (Wildman–Crippen LogP) is 3.81. The van der Waals surface area contributed by atoms with E-state index in [0.717, 1.165) is 61.8 Å². The molecule has 1 aromatic heterocycles. The maximum absolute atomic E-state index is 12.6. The second-order valence-corrected chi connectivity index (χ2v) is 8.77. The third-order valence-corrected chi connectivity index (χ3v) is 6.25. The minimum absolute atomic E-state index is 0.136. The van der Waals surface area contributed by atoms with Crippen LogP contribution in [-0.2, 0) is 17.8 Å². The van der Waals surface area contributed by atoms with Crippen LogP contribution in [0.5, 0.6) is 5.75 Å². The molecule has 1 unspecified atom stereocenters. The molecule has 1 aliphatic heterocycles. The van der Waals surface area contributed by atoms with Crippen molar-refractivity contribution in [1.29, 1.82) is 0 Å². The van der Waals surface area contributed by atoms with Crippen molar-refractivity contribution < 1.29 is 9.53 Å². The van der Waals surface area contributed by atoms with Gasteiger partial charge in [0.25, 0.3) is 0 Å². The fourth-order valence-electron chi connectivity index (χ4n) is 3.67. The van der Waals surface area contributed by atoms with Gasteiger partial charge >= 0.3 is 0 Å². The van der Waals surface area contributed by atoms with Crippen LogP contribution in [0.1, 0.15) is 42.5 Å². The Morgan fingerprint density at radius 3 is 2.64 bits per heavy atom. The zero-order valence-electron chi connectivity index (χ0n) is 17.1. The summed E-state index contributed by atoms with van der Waals surface area (Å²) < 4.78 is 5.19. The number of hydrogen-bond donors (Lipinski definition) is 1. The van der Waals surface area contributed by atoms with Crippen LogP contribution >= 0.6 is 11.3 Å². The van der Waals surface area contributed by atoms with Gasteiger partial charge in [-0.05, 0) is 70.3 Å². The number of ether oxygens (including phenoxy) is 1. The number of methoxy groups -OCH3 is 1. The summed E-state index contributed by atoms with van der Waals surface area (Å²) in [5, 5.41) is 6.47. The molecule has 1 amide bonds. The zero-order valence-corrected chi connectivity index (χ0v) is 17.9. The van der Waals surface area contributed by atoms with E-state index >= 15 is 0 Å². The fraction of sp³-hybridized carbons (Fsp3) is 0.545. The number of hydrogen-bond acceptors (Lipinski definition) is 5. The maximum atomic E-state index is 12.6. The van der Waals surface area contributed by atoms with Crippen molar-refractivity contribution in [3.8, 4) is 5.75 Å². The van der Waals surface area contributed by atoms with E-state index in [9.17, 15) is 4.79 Å². The molecule has 1 aromatic carbocycles. The lowest BCUT2D eigenvalue weighted by atomic mass is 9.95. The van der Waals surface area contributed by atoms with Gasteiger partial charge in [-0.1, -0.05) is 12.1 Å². The Morgan fingerprint density at radius 1 is 1.32 bits per heavy atom. The number of rotatable bonds is 8. The Bertz CT molecular complexity index is 751. The van der Waals surface area contributed by atoms with Gasteiger partial charge in [-0.3, -0.25) is 9.69 Å². The van der Waals surface area contributed by atoms with Gasteiger partial charge in [0.15, 0.2) is 0 Å². The molecule has 152 valence electrons. The van der Waals surface area contributed by atoms with E-state index in [-0.39, 0.29) is 17.9 Å². The Morgan fingerprint density at radius 2 is 2.04 bits per heavy atom. The molecule has 1 aliphatic rings. The van der Waals surface area contributed by atoms with E-state index in [1.165, 1.54) is 5.56 Å². The summed E-state index contributed by atoms with van der Waals surface area (Å²) in [5.41, 5.74) is 2.42. The summed E-state index contributed by atoms with van der Waals surface area (Å²) in [6.45, 7) is 6.97. The van der Waals surface area contributed by atoms with Crippen LogP contribution in [-0.4, -0.2) is 42.0 Å². The number of amides is 1. The summed E-state index contributed by atoms with van der Waals surface area (Å²) in [6, 6.07) is 8.34. The van der Waals surface area contributed by atoms with E-state index in [0.29, 0.717) is 0 Å². The summed E-state index contributed by atoms with van der Waals surface area (Å²) in [6.07, 6.45) is 3.76. The van der Waals surface area contributed by atoms with E-state index < -0.39 is 0 Å². The van der Waals surface area contributed by atoms with Crippen LogP contribution in [0.2, 0.25) is 0 Å². The highest BCUT2D eigenvalue weighted by Gasteiger charge is 2.26. The van der Waals surface area contributed by atoms with Gasteiger partial charge in [0.05, 0.1) is 17.8 Å². The molecular formula is C22H31N3O2S. The van der Waals surface area contributed by atoms with Crippen molar-refractivity contribution in [3.05, 3.63) is 45.9 Å². The Hall–Kier alpha value is -1.92. The first-order chi connectivity index (χ1) is 13.5. The first-order valence-electron chi connectivity index (χ1n) is 10.1. The number of aryl methyl sites for hydroxylation is 2. The number of benzene rings is 1. The molecule has 28 heavy (non-hydrogen) atoms. The van der Waals surface area contributed by atoms with Crippen LogP contribution in [0, 0.1) is 12.8 Å². The standard InChI is InChI=1S/C22H31N3O2S/c1-16(4-5-18-6-8-21(27-3)9-7-18)23-22(26)19-10-12-25(13-11-19)14-20-15-28-17(2)24-20/h6-9,15-16,19H,4-5,10-14H2,1-3H3,(H,23,26). The summed E-state index contributed by atoms with van der Waals surface area (Å²) in [7, 11) is 1.68. The number of thiazole rings is 1. The number of aromatic nitrogens is 1. The lowest BCUT2D eigenvalue weighted by Crippen LogP contribution is -2.43. The highest BCUT2D eigenvalue weighted by atomic mass is 32.1. The molecule has 1 N–H and O–H groups in total. The molecule has 1 saturated heterocycles. The molecule has 3 rings (SSSR count). The van der Waals surface area contributed by atoms with Crippen molar-refractivity contribution in [3.63, 3.8) is 0 Å². The molecular weight excluding hydrogens is 370 g/mol. The van der Waals surface area contributed by atoms with Crippen LogP contribution in [0.15, 0.2) is 29.6 Å². The minimum Gasteiger partial charge on any atom is -0.497 e. The van der Waals surface area contributed by atoms with Crippen molar-refractivity contribution in [2.75, 3.05) is 20.2 Å². The largest absolute Gasteiger partial charge is 0.497 e. The average molecular weight is 402 g/mol. The van der Waals surface area contributed by atoms with Gasteiger partial charge in [0.2, 0.25) is 5.91 Å². The van der Waals surface area contributed by atoms with Crippen molar-refractivity contribution in [1.82, 2.24) is 15.2 Å². The Balaban J connectivity index is 1.37. The van der Waals surface area contributed by atoms with Crippen LogP contribution in [0.25, 0.3) is 0 Å². The second-order valence-electron chi connectivity index (χ2n) is 7.70. The van der Waals surface area contributed by atoms with Crippen LogP contribution in [0.3, 0.4) is 0 Å². The molecule has 5 nitrogen and oxygen atoms in total. The van der Waals surface area contributed by atoms with Gasteiger partial charge < -0.3 is 10.1 Å². The highest BCUT2D eigenvalue weighted by molar-refractivity contribution is 7.09. The van der Waals surface area contributed by atoms with Gasteiger partial charge in [-0.15, -0.1) is 11.3 Å². The maximum Gasteiger partial charge on any atom is 0.223 e. The van der Waals surface area contributed by atoms with Crippen LogP contribution < -0.4 is 10.1 Å². The molecule has 0 aliphatic carbocycles. The quantitative estimate of drug-likeness (QED) is 0.731. The smallest absolute Gasteiger partial charge is 0.223 e. The summed E-state index contributed by atoms with van der Waals surface area (Å²) in [5.74, 6) is 1.23. The molecule has 2 heterocycles. The van der Waals surface area contributed by atoms with Crippen LogP contribution in [0.4, 0.5) is 0 Å². The molecule has 0 radical (unpaired) electrons. The van der Waals surface area contributed by atoms with Crippen molar-refractivity contribution >= 4 is 17.2 Å². The molecule has 1 atom stereocenters. The van der Waals surface area contributed by atoms with Gasteiger partial charge in [0.1, 0.15) is 5.75 Å². The first-order valence-corrected chi connectivity index (χ1v) is 11.0. The van der Waals surface area contributed by atoms with E-state index in [1.807, 2.05) is 19.1 Å².